The quantitative estimate of drug-likeness (QED) is 0.679. The normalized spacial score (nSPS) is 16.7. The number of ether oxygens (including phenoxy) is 2. The zero-order chi connectivity index (χ0) is 20.0. The standard InChI is InChI=1S/C19H21ClN2O5S/c20-17-5-1-2-6-18(17)27-13-19(23)22-14-7-9-16(10-8-14)28(24,25)21-12-15-4-3-11-26-15/h1-2,5-10,15,21H,3-4,11-13H2,(H,22,23). The minimum atomic E-state index is -3.63. The van der Waals surface area contributed by atoms with Gasteiger partial charge in [-0.25, -0.2) is 13.1 Å². The number of halogens is 1. The Balaban J connectivity index is 1.51. The number of para-hydroxylation sites is 1. The summed E-state index contributed by atoms with van der Waals surface area (Å²) in [4.78, 5) is 12.1. The van der Waals surface area contributed by atoms with E-state index in [9.17, 15) is 13.2 Å². The molecule has 7 nitrogen and oxygen atoms in total. The van der Waals surface area contributed by atoms with E-state index in [1.807, 2.05) is 0 Å². The Kier molecular flexibility index (Phi) is 6.90. The fraction of sp³-hybridized carbons (Fsp3) is 0.316. The van der Waals surface area contributed by atoms with Gasteiger partial charge in [0.25, 0.3) is 5.91 Å². The summed E-state index contributed by atoms with van der Waals surface area (Å²) in [5.74, 6) is 0.0325. The first-order valence-corrected chi connectivity index (χ1v) is 10.7. The highest BCUT2D eigenvalue weighted by molar-refractivity contribution is 7.89. The number of benzene rings is 2. The van der Waals surface area contributed by atoms with Gasteiger partial charge < -0.3 is 14.8 Å². The number of carbonyl (C=O) groups is 1. The van der Waals surface area contributed by atoms with Crippen molar-refractivity contribution in [3.8, 4) is 5.75 Å². The maximum Gasteiger partial charge on any atom is 0.262 e. The molecule has 0 aliphatic carbocycles. The van der Waals surface area contributed by atoms with Gasteiger partial charge in [-0.2, -0.15) is 0 Å². The summed E-state index contributed by atoms with van der Waals surface area (Å²) >= 11 is 5.97. The lowest BCUT2D eigenvalue weighted by Crippen LogP contribution is -2.31. The van der Waals surface area contributed by atoms with E-state index >= 15 is 0 Å². The van der Waals surface area contributed by atoms with Gasteiger partial charge in [0.05, 0.1) is 16.0 Å². The van der Waals surface area contributed by atoms with Gasteiger partial charge >= 0.3 is 0 Å². The van der Waals surface area contributed by atoms with E-state index in [0.29, 0.717) is 23.1 Å². The molecule has 1 fully saturated rings. The highest BCUT2D eigenvalue weighted by Gasteiger charge is 2.20. The Labute approximate surface area is 169 Å². The number of hydrogen-bond donors (Lipinski definition) is 2. The smallest absolute Gasteiger partial charge is 0.262 e. The first-order chi connectivity index (χ1) is 13.4. The van der Waals surface area contributed by atoms with Crippen LogP contribution in [0, 0.1) is 0 Å². The van der Waals surface area contributed by atoms with E-state index in [0.717, 1.165) is 12.8 Å². The Hall–Kier alpha value is -2.13. The topological polar surface area (TPSA) is 93.7 Å². The third-order valence-electron chi connectivity index (χ3n) is 4.17. The number of carbonyl (C=O) groups excluding carboxylic acids is 1. The van der Waals surface area contributed by atoms with Crippen molar-refractivity contribution in [1.82, 2.24) is 4.72 Å². The zero-order valence-corrected chi connectivity index (χ0v) is 16.6. The minimum Gasteiger partial charge on any atom is -0.482 e. The van der Waals surface area contributed by atoms with Crippen LogP contribution in [0.4, 0.5) is 5.69 Å². The van der Waals surface area contributed by atoms with Crippen molar-refractivity contribution in [2.75, 3.05) is 25.1 Å². The zero-order valence-electron chi connectivity index (χ0n) is 15.1. The van der Waals surface area contributed by atoms with Crippen LogP contribution in [0.3, 0.4) is 0 Å². The molecule has 0 spiro atoms. The number of amides is 1. The van der Waals surface area contributed by atoms with Gasteiger partial charge in [-0.05, 0) is 49.2 Å². The molecule has 1 saturated heterocycles. The van der Waals surface area contributed by atoms with Crippen molar-refractivity contribution >= 4 is 33.2 Å². The first kappa shape index (κ1) is 20.6. The van der Waals surface area contributed by atoms with Gasteiger partial charge in [0.15, 0.2) is 6.61 Å². The van der Waals surface area contributed by atoms with Crippen molar-refractivity contribution in [3.05, 3.63) is 53.6 Å². The number of nitrogens with one attached hydrogen (secondary N) is 2. The molecule has 150 valence electrons. The first-order valence-electron chi connectivity index (χ1n) is 8.82. The lowest BCUT2D eigenvalue weighted by atomic mass is 10.2. The van der Waals surface area contributed by atoms with E-state index in [4.69, 9.17) is 21.1 Å². The third kappa shape index (κ3) is 5.68. The summed E-state index contributed by atoms with van der Waals surface area (Å²) in [5, 5.41) is 3.06. The lowest BCUT2D eigenvalue weighted by molar-refractivity contribution is -0.118. The van der Waals surface area contributed by atoms with Gasteiger partial charge in [0.2, 0.25) is 10.0 Å². The molecular weight excluding hydrogens is 404 g/mol. The second-order valence-corrected chi connectivity index (χ2v) is 8.45. The molecule has 0 aromatic heterocycles. The van der Waals surface area contributed by atoms with Gasteiger partial charge in [0, 0.05) is 18.8 Å². The number of sulfonamides is 1. The average molecular weight is 425 g/mol. The predicted molar refractivity (Wildman–Crippen MR) is 106 cm³/mol. The lowest BCUT2D eigenvalue weighted by Gasteiger charge is -2.12. The molecule has 3 rings (SSSR count). The van der Waals surface area contributed by atoms with E-state index in [1.54, 1.807) is 24.3 Å². The maximum atomic E-state index is 12.3. The van der Waals surface area contributed by atoms with Crippen LogP contribution in [0.2, 0.25) is 5.02 Å². The second kappa shape index (κ2) is 9.38. The molecule has 0 saturated carbocycles. The molecule has 1 aliphatic heterocycles. The Morgan fingerprint density at radius 2 is 1.93 bits per heavy atom. The molecule has 9 heteroatoms. The Morgan fingerprint density at radius 3 is 2.61 bits per heavy atom. The Morgan fingerprint density at radius 1 is 1.18 bits per heavy atom. The molecule has 2 aromatic rings. The summed E-state index contributed by atoms with van der Waals surface area (Å²) in [7, 11) is -3.63. The molecule has 1 heterocycles. The molecule has 1 aliphatic rings. The fourth-order valence-corrected chi connectivity index (χ4v) is 3.97. The van der Waals surface area contributed by atoms with Crippen LogP contribution in [-0.4, -0.2) is 40.2 Å². The van der Waals surface area contributed by atoms with Crippen molar-refractivity contribution in [3.63, 3.8) is 0 Å². The van der Waals surface area contributed by atoms with Crippen LogP contribution in [-0.2, 0) is 19.6 Å². The number of hydrogen-bond acceptors (Lipinski definition) is 5. The van der Waals surface area contributed by atoms with Gasteiger partial charge in [-0.1, -0.05) is 23.7 Å². The van der Waals surface area contributed by atoms with Crippen LogP contribution in [0.15, 0.2) is 53.4 Å². The summed E-state index contributed by atoms with van der Waals surface area (Å²) in [6, 6.07) is 12.8. The average Bonchev–Trinajstić information content (AvgIpc) is 3.20. The van der Waals surface area contributed by atoms with Crippen molar-refractivity contribution in [1.29, 1.82) is 0 Å². The van der Waals surface area contributed by atoms with E-state index in [2.05, 4.69) is 10.0 Å². The van der Waals surface area contributed by atoms with Gasteiger partial charge in [0.1, 0.15) is 5.75 Å². The number of rotatable bonds is 8. The SMILES string of the molecule is O=C(COc1ccccc1Cl)Nc1ccc(S(=O)(=O)NCC2CCCO2)cc1. The highest BCUT2D eigenvalue weighted by atomic mass is 35.5. The molecule has 0 bridgehead atoms. The second-order valence-electron chi connectivity index (χ2n) is 6.28. The summed E-state index contributed by atoms with van der Waals surface area (Å²) in [6.45, 7) is 0.702. The molecule has 1 atom stereocenters. The van der Waals surface area contributed by atoms with Crippen LogP contribution in [0.1, 0.15) is 12.8 Å². The third-order valence-corrected chi connectivity index (χ3v) is 5.92. The van der Waals surface area contributed by atoms with Crippen molar-refractivity contribution in [2.24, 2.45) is 0 Å². The van der Waals surface area contributed by atoms with E-state index < -0.39 is 10.0 Å². The summed E-state index contributed by atoms with van der Waals surface area (Å²) < 4.78 is 38.0. The minimum absolute atomic E-state index is 0.0774. The van der Waals surface area contributed by atoms with Crippen LogP contribution in [0.25, 0.3) is 0 Å². The Bertz CT molecular complexity index is 912. The molecule has 2 aromatic carbocycles. The van der Waals surface area contributed by atoms with Crippen LogP contribution in [0.5, 0.6) is 5.75 Å². The molecular formula is C19H21ClN2O5S. The highest BCUT2D eigenvalue weighted by Crippen LogP contribution is 2.23. The molecule has 28 heavy (non-hydrogen) atoms. The largest absolute Gasteiger partial charge is 0.482 e. The molecule has 1 unspecified atom stereocenters. The van der Waals surface area contributed by atoms with Crippen LogP contribution < -0.4 is 14.8 Å². The van der Waals surface area contributed by atoms with Gasteiger partial charge in [-0.15, -0.1) is 0 Å². The predicted octanol–water partition coefficient (Wildman–Crippen LogP) is 2.81. The fourth-order valence-electron chi connectivity index (χ4n) is 2.71. The van der Waals surface area contributed by atoms with Crippen molar-refractivity contribution in [2.45, 2.75) is 23.8 Å². The van der Waals surface area contributed by atoms with Gasteiger partial charge in [-0.3, -0.25) is 4.79 Å². The molecule has 1 amide bonds. The number of anilines is 1. The molecule has 2 N–H and O–H groups in total. The van der Waals surface area contributed by atoms with E-state index in [1.165, 1.54) is 24.3 Å². The summed E-state index contributed by atoms with van der Waals surface area (Å²) in [5.41, 5.74) is 0.464. The monoisotopic (exact) mass is 424 g/mol. The maximum absolute atomic E-state index is 12.3. The molecule has 0 radical (unpaired) electrons. The van der Waals surface area contributed by atoms with E-state index in [-0.39, 0.29) is 30.1 Å². The van der Waals surface area contributed by atoms with Crippen LogP contribution >= 0.6 is 11.6 Å². The van der Waals surface area contributed by atoms with Crippen molar-refractivity contribution < 1.29 is 22.7 Å². The summed E-state index contributed by atoms with van der Waals surface area (Å²) in [6.07, 6.45) is 1.72.